The smallest absolute Gasteiger partial charge is 0.317 e. The fourth-order valence-electron chi connectivity index (χ4n) is 2.01. The summed E-state index contributed by atoms with van der Waals surface area (Å²) >= 11 is 0. The van der Waals surface area contributed by atoms with Crippen molar-refractivity contribution >= 4 is 6.03 Å². The predicted octanol–water partition coefficient (Wildman–Crippen LogP) is 1.19. The molecule has 2 N–H and O–H groups in total. The number of nitrogens with zero attached hydrogens (tertiary/aromatic N) is 1. The van der Waals surface area contributed by atoms with Gasteiger partial charge in [-0.25, -0.2) is 4.79 Å². The number of hydrogen-bond donors (Lipinski definition) is 2. The Labute approximate surface area is 100 Å². The average Bonchev–Trinajstić information content (AvgIpc) is 2.89. The molecule has 0 spiro atoms. The van der Waals surface area contributed by atoms with E-state index in [1.807, 2.05) is 6.07 Å². The number of nitrogens with one attached hydrogen (secondary N) is 1. The van der Waals surface area contributed by atoms with Crippen molar-refractivity contribution in [2.24, 2.45) is 5.92 Å². The van der Waals surface area contributed by atoms with Crippen LogP contribution in [0.2, 0.25) is 0 Å². The van der Waals surface area contributed by atoms with E-state index < -0.39 is 0 Å². The highest BCUT2D eigenvalue weighted by Gasteiger charge is 2.21. The summed E-state index contributed by atoms with van der Waals surface area (Å²) in [6, 6.07) is 3.57. The number of furan rings is 1. The van der Waals surface area contributed by atoms with Gasteiger partial charge in [-0.2, -0.15) is 0 Å². The molecule has 0 bridgehead atoms. The van der Waals surface area contributed by atoms with E-state index in [-0.39, 0.29) is 12.6 Å². The highest BCUT2D eigenvalue weighted by molar-refractivity contribution is 5.74. The van der Waals surface area contributed by atoms with Crippen LogP contribution in [0.3, 0.4) is 0 Å². The second kappa shape index (κ2) is 5.72. The monoisotopic (exact) mass is 238 g/mol. The van der Waals surface area contributed by atoms with Crippen molar-refractivity contribution in [1.82, 2.24) is 10.2 Å². The van der Waals surface area contributed by atoms with Gasteiger partial charge >= 0.3 is 6.03 Å². The van der Waals surface area contributed by atoms with E-state index >= 15 is 0 Å². The van der Waals surface area contributed by atoms with Crippen LogP contribution < -0.4 is 5.32 Å². The first-order valence-corrected chi connectivity index (χ1v) is 5.95. The number of rotatable bonds is 3. The van der Waals surface area contributed by atoms with Gasteiger partial charge in [-0.05, 0) is 30.9 Å². The van der Waals surface area contributed by atoms with Crippen LogP contribution >= 0.6 is 0 Å². The minimum Gasteiger partial charge on any atom is -0.467 e. The molecule has 1 saturated heterocycles. The zero-order valence-corrected chi connectivity index (χ0v) is 9.76. The molecule has 1 aromatic rings. The number of carbonyl (C=O) groups is 1. The van der Waals surface area contributed by atoms with Crippen LogP contribution in [0, 0.1) is 5.92 Å². The van der Waals surface area contributed by atoms with Gasteiger partial charge in [-0.15, -0.1) is 0 Å². The Morgan fingerprint density at radius 2 is 2.29 bits per heavy atom. The van der Waals surface area contributed by atoms with Gasteiger partial charge in [0.1, 0.15) is 5.76 Å². The Kier molecular flexibility index (Phi) is 4.03. The summed E-state index contributed by atoms with van der Waals surface area (Å²) in [6.07, 6.45) is 3.35. The van der Waals surface area contributed by atoms with E-state index in [0.29, 0.717) is 12.5 Å². The predicted molar refractivity (Wildman–Crippen MR) is 62.3 cm³/mol. The largest absolute Gasteiger partial charge is 0.467 e. The number of aliphatic hydroxyl groups is 1. The number of carbonyl (C=O) groups excluding carboxylic acids is 1. The molecule has 1 aliphatic rings. The van der Waals surface area contributed by atoms with Gasteiger partial charge in [-0.3, -0.25) is 0 Å². The lowest BCUT2D eigenvalue weighted by Gasteiger charge is -2.31. The third kappa shape index (κ3) is 3.23. The van der Waals surface area contributed by atoms with Crippen LogP contribution in [0.4, 0.5) is 4.79 Å². The van der Waals surface area contributed by atoms with Crippen LogP contribution in [0.1, 0.15) is 18.6 Å². The third-order valence-electron chi connectivity index (χ3n) is 3.15. The minimum absolute atomic E-state index is 0.0576. The lowest BCUT2D eigenvalue weighted by molar-refractivity contribution is 0.137. The van der Waals surface area contributed by atoms with Crippen molar-refractivity contribution in [2.45, 2.75) is 19.4 Å². The molecule has 1 aromatic heterocycles. The van der Waals surface area contributed by atoms with E-state index in [9.17, 15) is 4.79 Å². The van der Waals surface area contributed by atoms with Crippen molar-refractivity contribution in [1.29, 1.82) is 0 Å². The topological polar surface area (TPSA) is 65.7 Å². The molecule has 2 rings (SSSR count). The third-order valence-corrected chi connectivity index (χ3v) is 3.15. The number of likely N-dealkylation sites (tertiary alicyclic amines) is 1. The van der Waals surface area contributed by atoms with Crippen molar-refractivity contribution in [3.63, 3.8) is 0 Å². The van der Waals surface area contributed by atoms with Crippen LogP contribution in [0.5, 0.6) is 0 Å². The number of hydrogen-bond acceptors (Lipinski definition) is 3. The summed E-state index contributed by atoms with van der Waals surface area (Å²) in [5, 5.41) is 11.8. The normalized spacial score (nSPS) is 17.1. The summed E-state index contributed by atoms with van der Waals surface area (Å²) in [5.74, 6) is 1.10. The van der Waals surface area contributed by atoms with Gasteiger partial charge in [0.05, 0.1) is 12.8 Å². The Hall–Kier alpha value is -1.49. The molecule has 94 valence electrons. The van der Waals surface area contributed by atoms with Gasteiger partial charge in [0.15, 0.2) is 0 Å². The molecular weight excluding hydrogens is 220 g/mol. The maximum atomic E-state index is 11.8. The van der Waals surface area contributed by atoms with E-state index in [1.54, 1.807) is 17.2 Å². The van der Waals surface area contributed by atoms with Crippen LogP contribution in [0.15, 0.2) is 22.8 Å². The molecule has 5 nitrogen and oxygen atoms in total. The standard InChI is InChI=1S/C12H18N2O3/c15-9-10-3-5-14(6-4-10)12(16)13-8-11-2-1-7-17-11/h1-2,7,10,15H,3-6,8-9H2,(H,13,16). The van der Waals surface area contributed by atoms with E-state index in [4.69, 9.17) is 9.52 Å². The summed E-state index contributed by atoms with van der Waals surface area (Å²) in [6.45, 7) is 2.08. The Balaban J connectivity index is 1.73. The van der Waals surface area contributed by atoms with Crippen LogP contribution in [-0.4, -0.2) is 35.7 Å². The summed E-state index contributed by atoms with van der Waals surface area (Å²) < 4.78 is 5.14. The summed E-state index contributed by atoms with van der Waals surface area (Å²) in [4.78, 5) is 13.6. The van der Waals surface area contributed by atoms with Crippen molar-refractivity contribution in [3.8, 4) is 0 Å². The summed E-state index contributed by atoms with van der Waals surface area (Å²) in [7, 11) is 0. The Morgan fingerprint density at radius 1 is 1.53 bits per heavy atom. The fraction of sp³-hybridized carbons (Fsp3) is 0.583. The van der Waals surface area contributed by atoms with Crippen molar-refractivity contribution < 1.29 is 14.3 Å². The van der Waals surface area contributed by atoms with Crippen LogP contribution in [0.25, 0.3) is 0 Å². The highest BCUT2D eigenvalue weighted by Crippen LogP contribution is 2.16. The Morgan fingerprint density at radius 3 is 2.88 bits per heavy atom. The molecule has 0 unspecified atom stereocenters. The molecular formula is C12H18N2O3. The first-order chi connectivity index (χ1) is 8.29. The number of amides is 2. The van der Waals surface area contributed by atoms with Gasteiger partial charge in [0, 0.05) is 19.7 Å². The molecule has 1 aliphatic heterocycles. The summed E-state index contributed by atoms with van der Waals surface area (Å²) in [5.41, 5.74) is 0. The van der Waals surface area contributed by atoms with E-state index in [0.717, 1.165) is 31.7 Å². The second-order valence-corrected chi connectivity index (χ2v) is 4.35. The maximum Gasteiger partial charge on any atom is 0.317 e. The zero-order valence-electron chi connectivity index (χ0n) is 9.76. The van der Waals surface area contributed by atoms with E-state index in [2.05, 4.69) is 5.32 Å². The molecule has 5 heteroatoms. The molecule has 0 aliphatic carbocycles. The average molecular weight is 238 g/mol. The second-order valence-electron chi connectivity index (χ2n) is 4.35. The van der Waals surface area contributed by atoms with Gasteiger partial charge in [0.25, 0.3) is 0 Å². The Bertz CT molecular complexity index is 343. The zero-order chi connectivity index (χ0) is 12.1. The lowest BCUT2D eigenvalue weighted by Crippen LogP contribution is -2.44. The number of urea groups is 1. The van der Waals surface area contributed by atoms with Gasteiger partial charge in [-0.1, -0.05) is 0 Å². The molecule has 2 amide bonds. The highest BCUT2D eigenvalue weighted by atomic mass is 16.3. The molecule has 0 radical (unpaired) electrons. The lowest BCUT2D eigenvalue weighted by atomic mass is 9.98. The minimum atomic E-state index is -0.0576. The molecule has 0 atom stereocenters. The first-order valence-electron chi connectivity index (χ1n) is 5.95. The van der Waals surface area contributed by atoms with Crippen molar-refractivity contribution in [2.75, 3.05) is 19.7 Å². The number of aliphatic hydroxyl groups excluding tert-OH is 1. The number of piperidine rings is 1. The van der Waals surface area contributed by atoms with Gasteiger partial charge in [0.2, 0.25) is 0 Å². The quantitative estimate of drug-likeness (QED) is 0.831. The van der Waals surface area contributed by atoms with Crippen molar-refractivity contribution in [3.05, 3.63) is 24.2 Å². The SMILES string of the molecule is O=C(NCc1ccco1)N1CCC(CO)CC1. The molecule has 17 heavy (non-hydrogen) atoms. The molecule has 0 saturated carbocycles. The molecule has 0 aromatic carbocycles. The van der Waals surface area contributed by atoms with Gasteiger partial charge < -0.3 is 19.7 Å². The first kappa shape index (κ1) is 12.0. The van der Waals surface area contributed by atoms with Crippen LogP contribution in [-0.2, 0) is 6.54 Å². The molecule has 2 heterocycles. The maximum absolute atomic E-state index is 11.8. The molecule has 1 fully saturated rings. The van der Waals surface area contributed by atoms with E-state index in [1.165, 1.54) is 0 Å². The fourth-order valence-corrected chi connectivity index (χ4v) is 2.01.